The van der Waals surface area contributed by atoms with Crippen LogP contribution in [0.1, 0.15) is 17.3 Å². The molecule has 0 amide bonds. The van der Waals surface area contributed by atoms with Gasteiger partial charge >= 0.3 is 0 Å². The van der Waals surface area contributed by atoms with Crippen LogP contribution in [-0.2, 0) is 6.42 Å². The number of rotatable bonds is 2. The highest BCUT2D eigenvalue weighted by atomic mass is 16.4. The maximum Gasteiger partial charge on any atom is 0.191 e. The predicted molar refractivity (Wildman–Crippen MR) is 61.1 cm³/mol. The molecule has 0 fully saturated rings. The lowest BCUT2D eigenvalue weighted by molar-refractivity contribution is 0.376. The molecule has 5 heteroatoms. The quantitative estimate of drug-likeness (QED) is 0.673. The molecule has 5 N–H and O–H groups in total. The van der Waals surface area contributed by atoms with Crippen LogP contribution in [0.15, 0.2) is 28.5 Å². The van der Waals surface area contributed by atoms with E-state index < -0.39 is 5.66 Å². The Morgan fingerprint density at radius 3 is 2.81 bits per heavy atom. The lowest BCUT2D eigenvalue weighted by Gasteiger charge is -2.31. The summed E-state index contributed by atoms with van der Waals surface area (Å²) in [5, 5.41) is 3.05. The van der Waals surface area contributed by atoms with E-state index in [4.69, 9.17) is 15.9 Å². The van der Waals surface area contributed by atoms with Crippen LogP contribution >= 0.6 is 0 Å². The van der Waals surface area contributed by atoms with E-state index in [0.717, 1.165) is 11.5 Å². The van der Waals surface area contributed by atoms with Crippen molar-refractivity contribution in [3.63, 3.8) is 0 Å². The minimum absolute atomic E-state index is 0.479. The van der Waals surface area contributed by atoms with E-state index >= 15 is 0 Å². The van der Waals surface area contributed by atoms with Gasteiger partial charge < -0.3 is 21.2 Å². The van der Waals surface area contributed by atoms with Crippen molar-refractivity contribution in [2.24, 2.45) is 11.5 Å². The Balaban J connectivity index is 2.24. The number of hydrogen-bond donors (Lipinski definition) is 3. The number of oxazole rings is 1. The van der Waals surface area contributed by atoms with E-state index in [9.17, 15) is 0 Å². The second kappa shape index (κ2) is 3.68. The fourth-order valence-corrected chi connectivity index (χ4v) is 1.72. The Morgan fingerprint density at radius 2 is 2.25 bits per heavy atom. The number of dihydropyridines is 1. The van der Waals surface area contributed by atoms with Gasteiger partial charge in [0.25, 0.3) is 0 Å². The van der Waals surface area contributed by atoms with E-state index in [0.29, 0.717) is 18.0 Å². The molecule has 2 rings (SSSR count). The third kappa shape index (κ3) is 1.81. The van der Waals surface area contributed by atoms with Crippen molar-refractivity contribution < 1.29 is 4.42 Å². The van der Waals surface area contributed by atoms with E-state index in [1.807, 2.05) is 19.9 Å². The van der Waals surface area contributed by atoms with Gasteiger partial charge in [-0.15, -0.1) is 0 Å². The van der Waals surface area contributed by atoms with Gasteiger partial charge in [0, 0.05) is 19.0 Å². The summed E-state index contributed by atoms with van der Waals surface area (Å²) in [4.78, 5) is 4.20. The first-order chi connectivity index (χ1) is 7.51. The summed E-state index contributed by atoms with van der Waals surface area (Å²) in [5.74, 6) is 1.41. The Hall–Kier alpha value is -1.75. The number of hydrogen-bond acceptors (Lipinski definition) is 5. The Kier molecular flexibility index (Phi) is 2.47. The molecule has 0 spiro atoms. The van der Waals surface area contributed by atoms with E-state index in [-0.39, 0.29) is 0 Å². The van der Waals surface area contributed by atoms with Crippen LogP contribution in [-0.4, -0.2) is 10.6 Å². The number of aromatic nitrogens is 1. The molecule has 1 atom stereocenters. The van der Waals surface area contributed by atoms with Gasteiger partial charge in [-0.2, -0.15) is 0 Å². The van der Waals surface area contributed by atoms with Crippen LogP contribution in [0, 0.1) is 13.8 Å². The topological polar surface area (TPSA) is 90.1 Å². The SMILES string of the molecule is Cc1nc(C)c(CC2(N)NC=CC=C2N)o1. The van der Waals surface area contributed by atoms with Crippen molar-refractivity contribution in [2.75, 3.05) is 0 Å². The molecule has 16 heavy (non-hydrogen) atoms. The molecule has 0 aromatic carbocycles. The summed E-state index contributed by atoms with van der Waals surface area (Å²) in [6, 6.07) is 0. The van der Waals surface area contributed by atoms with Crippen LogP contribution in [0.4, 0.5) is 0 Å². The largest absolute Gasteiger partial charge is 0.446 e. The number of nitrogens with two attached hydrogens (primary N) is 2. The zero-order valence-electron chi connectivity index (χ0n) is 9.45. The molecule has 2 heterocycles. The van der Waals surface area contributed by atoms with Crippen molar-refractivity contribution >= 4 is 0 Å². The normalized spacial score (nSPS) is 24.1. The lowest BCUT2D eigenvalue weighted by Crippen LogP contribution is -2.57. The first-order valence-electron chi connectivity index (χ1n) is 5.13. The predicted octanol–water partition coefficient (Wildman–Crippen LogP) is 0.448. The Labute approximate surface area is 94.2 Å². The minimum atomic E-state index is -0.786. The maximum atomic E-state index is 6.17. The average molecular weight is 220 g/mol. The van der Waals surface area contributed by atoms with Crippen molar-refractivity contribution in [2.45, 2.75) is 25.9 Å². The second-order valence-electron chi connectivity index (χ2n) is 4.02. The minimum Gasteiger partial charge on any atom is -0.446 e. The summed E-state index contributed by atoms with van der Waals surface area (Å²) < 4.78 is 5.49. The molecule has 1 unspecified atom stereocenters. The van der Waals surface area contributed by atoms with Crippen LogP contribution in [0.25, 0.3) is 0 Å². The highest BCUT2D eigenvalue weighted by Gasteiger charge is 2.30. The van der Waals surface area contributed by atoms with Crippen molar-refractivity contribution in [3.8, 4) is 0 Å². The van der Waals surface area contributed by atoms with Gasteiger partial charge in [-0.05, 0) is 25.3 Å². The lowest BCUT2D eigenvalue weighted by atomic mass is 9.98. The third-order valence-electron chi connectivity index (χ3n) is 2.67. The molecule has 0 bridgehead atoms. The van der Waals surface area contributed by atoms with E-state index in [1.165, 1.54) is 0 Å². The van der Waals surface area contributed by atoms with Crippen molar-refractivity contribution in [1.29, 1.82) is 0 Å². The van der Waals surface area contributed by atoms with E-state index in [1.54, 1.807) is 12.3 Å². The van der Waals surface area contributed by atoms with Gasteiger partial charge in [-0.3, -0.25) is 0 Å². The number of nitrogens with zero attached hydrogens (tertiary/aromatic N) is 1. The summed E-state index contributed by atoms with van der Waals surface area (Å²) in [5.41, 5.74) is 12.7. The molecule has 0 radical (unpaired) electrons. The van der Waals surface area contributed by atoms with Crippen LogP contribution < -0.4 is 16.8 Å². The first kappa shape index (κ1) is 10.8. The summed E-state index contributed by atoms with van der Waals surface area (Å²) in [6.45, 7) is 3.71. The summed E-state index contributed by atoms with van der Waals surface area (Å²) in [6.07, 6.45) is 5.86. The zero-order chi connectivity index (χ0) is 11.8. The highest BCUT2D eigenvalue weighted by molar-refractivity contribution is 5.28. The fourth-order valence-electron chi connectivity index (χ4n) is 1.72. The van der Waals surface area contributed by atoms with E-state index in [2.05, 4.69) is 10.3 Å². The van der Waals surface area contributed by atoms with Crippen LogP contribution in [0.2, 0.25) is 0 Å². The fraction of sp³-hybridized carbons (Fsp3) is 0.364. The molecule has 0 saturated carbocycles. The Morgan fingerprint density at radius 1 is 1.50 bits per heavy atom. The molecule has 1 aromatic heterocycles. The smallest absolute Gasteiger partial charge is 0.191 e. The number of allylic oxidation sites excluding steroid dienone is 2. The zero-order valence-corrected chi connectivity index (χ0v) is 9.45. The van der Waals surface area contributed by atoms with Gasteiger partial charge in [-0.1, -0.05) is 0 Å². The first-order valence-corrected chi connectivity index (χ1v) is 5.13. The standard InChI is InChI=1S/C11H16N4O/c1-7-9(16-8(2)15-7)6-11(13)10(12)4-3-5-14-11/h3-5,14H,6,12-13H2,1-2H3. The molecule has 86 valence electrons. The molecule has 0 saturated heterocycles. The monoisotopic (exact) mass is 220 g/mol. The molecule has 5 nitrogen and oxygen atoms in total. The van der Waals surface area contributed by atoms with Crippen molar-refractivity contribution in [1.82, 2.24) is 10.3 Å². The summed E-state index contributed by atoms with van der Waals surface area (Å²) >= 11 is 0. The third-order valence-corrected chi connectivity index (χ3v) is 2.67. The van der Waals surface area contributed by atoms with Gasteiger partial charge in [-0.25, -0.2) is 4.98 Å². The Bertz CT molecular complexity index is 461. The van der Waals surface area contributed by atoms with Gasteiger partial charge in [0.2, 0.25) is 0 Å². The van der Waals surface area contributed by atoms with Gasteiger partial charge in [0.15, 0.2) is 5.89 Å². The average Bonchev–Trinajstić information content (AvgIpc) is 2.50. The second-order valence-corrected chi connectivity index (χ2v) is 4.02. The maximum absolute atomic E-state index is 6.17. The molecule has 1 aliphatic heterocycles. The molecular weight excluding hydrogens is 204 g/mol. The van der Waals surface area contributed by atoms with Crippen LogP contribution in [0.3, 0.4) is 0 Å². The van der Waals surface area contributed by atoms with Crippen LogP contribution in [0.5, 0.6) is 0 Å². The molecule has 1 aliphatic rings. The molecule has 0 aliphatic carbocycles. The van der Waals surface area contributed by atoms with Gasteiger partial charge in [0.1, 0.15) is 11.4 Å². The number of aryl methyl sites for hydroxylation is 2. The highest BCUT2D eigenvalue weighted by Crippen LogP contribution is 2.19. The summed E-state index contributed by atoms with van der Waals surface area (Å²) in [7, 11) is 0. The number of nitrogens with one attached hydrogen (secondary N) is 1. The molecular formula is C11H16N4O. The van der Waals surface area contributed by atoms with Gasteiger partial charge in [0.05, 0.1) is 5.69 Å². The molecule has 1 aromatic rings. The van der Waals surface area contributed by atoms with Crippen molar-refractivity contribution in [3.05, 3.63) is 41.4 Å².